The molecule has 0 bridgehead atoms. The van der Waals surface area contributed by atoms with Crippen LogP contribution in [0.15, 0.2) is 0 Å². The zero-order valence-electron chi connectivity index (χ0n) is 11.2. The summed E-state index contributed by atoms with van der Waals surface area (Å²) in [6.45, 7) is 2.83. The average molecular weight is 318 g/mol. The first kappa shape index (κ1) is 14.3. The Morgan fingerprint density at radius 2 is 2.11 bits per heavy atom. The first-order chi connectivity index (χ1) is 8.71. The van der Waals surface area contributed by atoms with E-state index in [0.717, 1.165) is 37.6 Å². The molecular weight excluding hydrogens is 294 g/mol. The Hall–Kier alpha value is -0.0900. The van der Waals surface area contributed by atoms with Crippen molar-refractivity contribution in [3.8, 4) is 0 Å². The van der Waals surface area contributed by atoms with Crippen LogP contribution in [-0.2, 0) is 9.53 Å². The molecule has 3 nitrogen and oxygen atoms in total. The van der Waals surface area contributed by atoms with Crippen LogP contribution in [0.1, 0.15) is 51.9 Å². The highest BCUT2D eigenvalue weighted by molar-refractivity contribution is 9.09. The highest BCUT2D eigenvalue weighted by atomic mass is 79.9. The van der Waals surface area contributed by atoms with Crippen molar-refractivity contribution in [1.82, 2.24) is 5.32 Å². The quantitative estimate of drug-likeness (QED) is 0.809. The minimum absolute atomic E-state index is 0.00376. The van der Waals surface area contributed by atoms with Crippen LogP contribution >= 0.6 is 15.9 Å². The number of alkyl halides is 1. The first-order valence-corrected chi connectivity index (χ1v) is 8.32. The van der Waals surface area contributed by atoms with Gasteiger partial charge in [0, 0.05) is 17.5 Å². The number of ether oxygens (including phenoxy) is 1. The second-order valence-electron chi connectivity index (χ2n) is 5.68. The van der Waals surface area contributed by atoms with Crippen LogP contribution in [0.3, 0.4) is 0 Å². The number of amides is 1. The fourth-order valence-corrected chi connectivity index (χ4v) is 3.93. The lowest BCUT2D eigenvalue weighted by atomic mass is 9.82. The third kappa shape index (κ3) is 3.08. The Morgan fingerprint density at radius 3 is 2.72 bits per heavy atom. The summed E-state index contributed by atoms with van der Waals surface area (Å²) in [6.07, 6.45) is 7.90. The molecule has 1 heterocycles. The van der Waals surface area contributed by atoms with Crippen LogP contribution in [0, 0.1) is 5.92 Å². The predicted molar refractivity (Wildman–Crippen MR) is 75.9 cm³/mol. The molecule has 1 aliphatic heterocycles. The van der Waals surface area contributed by atoms with Crippen LogP contribution in [0.4, 0.5) is 0 Å². The van der Waals surface area contributed by atoms with Gasteiger partial charge in [-0.2, -0.15) is 0 Å². The van der Waals surface area contributed by atoms with E-state index in [-0.39, 0.29) is 23.5 Å². The number of nitrogens with one attached hydrogen (secondary N) is 1. The van der Waals surface area contributed by atoms with Crippen LogP contribution < -0.4 is 5.32 Å². The van der Waals surface area contributed by atoms with Gasteiger partial charge in [0.15, 0.2) is 0 Å². The van der Waals surface area contributed by atoms with Gasteiger partial charge in [-0.15, -0.1) is 0 Å². The smallest absolute Gasteiger partial charge is 0.226 e. The summed E-state index contributed by atoms with van der Waals surface area (Å²) in [6, 6.07) is 0. The molecule has 1 saturated heterocycles. The Kier molecular flexibility index (Phi) is 5.07. The third-order valence-electron chi connectivity index (χ3n) is 4.40. The maximum absolute atomic E-state index is 12.4. The van der Waals surface area contributed by atoms with Gasteiger partial charge >= 0.3 is 0 Å². The number of rotatable bonds is 4. The Labute approximate surface area is 118 Å². The molecule has 2 aliphatic rings. The summed E-state index contributed by atoms with van der Waals surface area (Å²) < 4.78 is 5.62. The van der Waals surface area contributed by atoms with Gasteiger partial charge in [0.1, 0.15) is 0 Å². The first-order valence-electron chi connectivity index (χ1n) is 7.20. The number of hydrogen-bond donors (Lipinski definition) is 1. The topological polar surface area (TPSA) is 38.3 Å². The molecule has 0 spiro atoms. The summed E-state index contributed by atoms with van der Waals surface area (Å²) in [7, 11) is 0. The Bertz CT molecular complexity index is 290. The molecule has 2 fully saturated rings. The normalized spacial score (nSPS) is 31.2. The molecule has 0 aromatic heterocycles. The molecule has 2 rings (SSSR count). The molecule has 0 radical (unpaired) electrons. The molecule has 18 heavy (non-hydrogen) atoms. The highest BCUT2D eigenvalue weighted by Gasteiger charge is 2.38. The number of hydrogen-bond acceptors (Lipinski definition) is 2. The maximum atomic E-state index is 12.4. The molecule has 0 aromatic carbocycles. The van der Waals surface area contributed by atoms with E-state index in [2.05, 4.69) is 28.2 Å². The zero-order chi connectivity index (χ0) is 13.0. The van der Waals surface area contributed by atoms with Crippen molar-refractivity contribution in [3.63, 3.8) is 0 Å². The lowest BCUT2D eigenvalue weighted by Crippen LogP contribution is -2.53. The summed E-state index contributed by atoms with van der Waals surface area (Å²) >= 11 is 3.59. The maximum Gasteiger partial charge on any atom is 0.226 e. The van der Waals surface area contributed by atoms with Crippen LogP contribution in [-0.4, -0.2) is 29.5 Å². The Morgan fingerprint density at radius 1 is 1.39 bits per heavy atom. The Balaban J connectivity index is 1.96. The van der Waals surface area contributed by atoms with E-state index in [1.165, 1.54) is 19.3 Å². The minimum atomic E-state index is -0.00376. The molecule has 0 aromatic rings. The van der Waals surface area contributed by atoms with Gasteiger partial charge < -0.3 is 10.1 Å². The highest BCUT2D eigenvalue weighted by Crippen LogP contribution is 2.31. The van der Waals surface area contributed by atoms with Crippen LogP contribution in [0.25, 0.3) is 0 Å². The standard InChI is InChI=1S/C14H24BrNO2/c1-2-12-11(6-9-18-12)13(17)16-14(10-15)7-4-3-5-8-14/h11-12H,2-10H2,1H3,(H,16,17). The summed E-state index contributed by atoms with van der Waals surface area (Å²) in [4.78, 5) is 12.4. The molecule has 1 saturated carbocycles. The van der Waals surface area contributed by atoms with Crippen molar-refractivity contribution in [2.45, 2.75) is 63.5 Å². The van der Waals surface area contributed by atoms with Crippen molar-refractivity contribution in [2.75, 3.05) is 11.9 Å². The van der Waals surface area contributed by atoms with E-state index >= 15 is 0 Å². The van der Waals surface area contributed by atoms with E-state index < -0.39 is 0 Å². The van der Waals surface area contributed by atoms with Crippen molar-refractivity contribution >= 4 is 21.8 Å². The van der Waals surface area contributed by atoms with Crippen LogP contribution in [0.5, 0.6) is 0 Å². The van der Waals surface area contributed by atoms with Crippen molar-refractivity contribution in [1.29, 1.82) is 0 Å². The number of halogens is 1. The predicted octanol–water partition coefficient (Wildman–Crippen LogP) is 3.02. The average Bonchev–Trinajstić information content (AvgIpc) is 2.88. The number of carbonyl (C=O) groups is 1. The van der Waals surface area contributed by atoms with Gasteiger partial charge in [0.25, 0.3) is 0 Å². The largest absolute Gasteiger partial charge is 0.377 e. The monoisotopic (exact) mass is 317 g/mol. The number of carbonyl (C=O) groups excluding carboxylic acids is 1. The molecule has 2 unspecified atom stereocenters. The second-order valence-corrected chi connectivity index (χ2v) is 6.24. The minimum Gasteiger partial charge on any atom is -0.377 e. The zero-order valence-corrected chi connectivity index (χ0v) is 12.8. The molecule has 104 valence electrons. The molecule has 1 aliphatic carbocycles. The SMILES string of the molecule is CCC1OCCC1C(=O)NC1(CBr)CCCCC1. The van der Waals surface area contributed by atoms with E-state index in [0.29, 0.717) is 0 Å². The molecular formula is C14H24BrNO2. The fraction of sp³-hybridized carbons (Fsp3) is 0.929. The van der Waals surface area contributed by atoms with E-state index in [9.17, 15) is 4.79 Å². The molecule has 1 amide bonds. The lowest BCUT2D eigenvalue weighted by Gasteiger charge is -2.37. The summed E-state index contributed by atoms with van der Waals surface area (Å²) in [5.41, 5.74) is -0.00376. The van der Waals surface area contributed by atoms with E-state index in [1.54, 1.807) is 0 Å². The van der Waals surface area contributed by atoms with Crippen molar-refractivity contribution in [3.05, 3.63) is 0 Å². The van der Waals surface area contributed by atoms with Gasteiger partial charge in [-0.25, -0.2) is 0 Å². The summed E-state index contributed by atoms with van der Waals surface area (Å²) in [5.74, 6) is 0.272. The van der Waals surface area contributed by atoms with E-state index in [4.69, 9.17) is 4.74 Å². The third-order valence-corrected chi connectivity index (χ3v) is 5.48. The van der Waals surface area contributed by atoms with Gasteiger partial charge in [0.2, 0.25) is 5.91 Å². The second kappa shape index (κ2) is 6.38. The fourth-order valence-electron chi connectivity index (χ4n) is 3.23. The van der Waals surface area contributed by atoms with Crippen molar-refractivity contribution < 1.29 is 9.53 Å². The van der Waals surface area contributed by atoms with Gasteiger partial charge in [-0.1, -0.05) is 42.1 Å². The lowest BCUT2D eigenvalue weighted by molar-refractivity contribution is -0.128. The van der Waals surface area contributed by atoms with Crippen molar-refractivity contribution in [2.24, 2.45) is 5.92 Å². The van der Waals surface area contributed by atoms with Gasteiger partial charge in [-0.3, -0.25) is 4.79 Å². The molecule has 2 atom stereocenters. The van der Waals surface area contributed by atoms with Crippen LogP contribution in [0.2, 0.25) is 0 Å². The van der Waals surface area contributed by atoms with Gasteiger partial charge in [0.05, 0.1) is 12.0 Å². The van der Waals surface area contributed by atoms with Gasteiger partial charge in [-0.05, 0) is 25.7 Å². The molecule has 1 N–H and O–H groups in total. The van der Waals surface area contributed by atoms with E-state index in [1.807, 2.05) is 0 Å². The summed E-state index contributed by atoms with van der Waals surface area (Å²) in [5, 5.41) is 4.19. The molecule has 4 heteroatoms.